The van der Waals surface area contributed by atoms with Crippen LogP contribution in [-0.4, -0.2) is 60.9 Å². The molecule has 1 aliphatic heterocycles. The van der Waals surface area contributed by atoms with Crippen LogP contribution in [0.25, 0.3) is 0 Å². The molecule has 2 aliphatic rings. The average molecular weight is 292 g/mol. The molecule has 0 aromatic carbocycles. The van der Waals surface area contributed by atoms with E-state index in [1.807, 2.05) is 13.0 Å². The lowest BCUT2D eigenvalue weighted by Gasteiger charge is -2.26. The Balaban J connectivity index is 1.55. The summed E-state index contributed by atoms with van der Waals surface area (Å²) in [5.74, 6) is 3.02. The fourth-order valence-electron chi connectivity index (χ4n) is 2.45. The Kier molecular flexibility index (Phi) is 4.87. The molecular weight excluding hydrogens is 268 g/mol. The van der Waals surface area contributed by atoms with Crippen LogP contribution in [0.1, 0.15) is 31.5 Å². The van der Waals surface area contributed by atoms with Crippen LogP contribution in [0.3, 0.4) is 0 Å². The van der Waals surface area contributed by atoms with Crippen LogP contribution >= 0.6 is 0 Å². The highest BCUT2D eigenvalue weighted by Crippen LogP contribution is 2.39. The molecule has 1 aromatic rings. The molecule has 21 heavy (non-hydrogen) atoms. The monoisotopic (exact) mass is 292 g/mol. The summed E-state index contributed by atoms with van der Waals surface area (Å²) in [5.41, 5.74) is 0. The summed E-state index contributed by atoms with van der Waals surface area (Å²) in [6.07, 6.45) is 2.39. The molecule has 116 valence electrons. The molecule has 6 nitrogen and oxygen atoms in total. The lowest BCUT2D eigenvalue weighted by atomic mass is 10.3. The molecule has 1 saturated carbocycles. The second kappa shape index (κ2) is 7.04. The number of nitrogens with zero attached hydrogens (tertiary/aromatic N) is 3. The fourth-order valence-corrected chi connectivity index (χ4v) is 2.45. The van der Waals surface area contributed by atoms with E-state index in [1.165, 1.54) is 12.8 Å². The number of nitrogens with one attached hydrogen (secondary N) is 1. The van der Waals surface area contributed by atoms with Crippen molar-refractivity contribution >= 4 is 5.82 Å². The van der Waals surface area contributed by atoms with E-state index in [0.29, 0.717) is 18.4 Å². The molecule has 1 N–H and O–H groups in total. The number of morpholine rings is 1. The molecule has 2 heterocycles. The summed E-state index contributed by atoms with van der Waals surface area (Å²) in [7, 11) is 0. The van der Waals surface area contributed by atoms with Crippen LogP contribution in [0, 0.1) is 0 Å². The van der Waals surface area contributed by atoms with Crippen LogP contribution in [0.4, 0.5) is 5.82 Å². The van der Waals surface area contributed by atoms with Gasteiger partial charge < -0.3 is 14.8 Å². The quantitative estimate of drug-likeness (QED) is 0.822. The maximum absolute atomic E-state index is 5.54. The second-order valence-electron chi connectivity index (χ2n) is 5.54. The maximum Gasteiger partial charge on any atom is 0.218 e. The third-order valence-corrected chi connectivity index (χ3v) is 3.79. The topological polar surface area (TPSA) is 59.5 Å². The van der Waals surface area contributed by atoms with Crippen molar-refractivity contribution in [1.82, 2.24) is 14.9 Å². The van der Waals surface area contributed by atoms with Crippen molar-refractivity contribution < 1.29 is 9.47 Å². The van der Waals surface area contributed by atoms with E-state index in [-0.39, 0.29) is 0 Å². The van der Waals surface area contributed by atoms with Crippen molar-refractivity contribution in [2.45, 2.75) is 25.7 Å². The fraction of sp³-hybridized carbons (Fsp3) is 0.733. The molecule has 0 spiro atoms. The van der Waals surface area contributed by atoms with Crippen LogP contribution in [0.15, 0.2) is 6.07 Å². The first kappa shape index (κ1) is 14.5. The largest absolute Gasteiger partial charge is 0.478 e. The zero-order chi connectivity index (χ0) is 14.5. The molecular formula is C15H24N4O2. The molecule has 0 unspecified atom stereocenters. The van der Waals surface area contributed by atoms with Gasteiger partial charge in [-0.05, 0) is 19.8 Å². The average Bonchev–Trinajstić information content (AvgIpc) is 3.33. The van der Waals surface area contributed by atoms with Crippen molar-refractivity contribution in [1.29, 1.82) is 0 Å². The Morgan fingerprint density at radius 1 is 1.33 bits per heavy atom. The number of rotatable bonds is 7. The van der Waals surface area contributed by atoms with E-state index < -0.39 is 0 Å². The van der Waals surface area contributed by atoms with Crippen LogP contribution in [0.2, 0.25) is 0 Å². The number of ether oxygens (including phenoxy) is 2. The molecule has 0 amide bonds. The van der Waals surface area contributed by atoms with E-state index in [9.17, 15) is 0 Å². The molecule has 2 fully saturated rings. The van der Waals surface area contributed by atoms with E-state index >= 15 is 0 Å². The Morgan fingerprint density at radius 2 is 2.14 bits per heavy atom. The summed E-state index contributed by atoms with van der Waals surface area (Å²) in [4.78, 5) is 11.5. The van der Waals surface area contributed by atoms with Gasteiger partial charge in [0, 0.05) is 38.2 Å². The maximum atomic E-state index is 5.54. The highest BCUT2D eigenvalue weighted by atomic mass is 16.5. The van der Waals surface area contributed by atoms with Crippen molar-refractivity contribution in [3.8, 4) is 5.88 Å². The zero-order valence-corrected chi connectivity index (χ0v) is 12.7. The zero-order valence-electron chi connectivity index (χ0n) is 12.7. The number of hydrogen-bond acceptors (Lipinski definition) is 6. The molecule has 1 aliphatic carbocycles. The highest BCUT2D eigenvalue weighted by molar-refractivity contribution is 5.39. The van der Waals surface area contributed by atoms with E-state index in [2.05, 4.69) is 20.2 Å². The van der Waals surface area contributed by atoms with Gasteiger partial charge >= 0.3 is 0 Å². The van der Waals surface area contributed by atoms with Gasteiger partial charge in [0.25, 0.3) is 0 Å². The predicted molar refractivity (Wildman–Crippen MR) is 80.9 cm³/mol. The van der Waals surface area contributed by atoms with Crippen molar-refractivity contribution in [3.05, 3.63) is 11.9 Å². The molecule has 0 atom stereocenters. The van der Waals surface area contributed by atoms with Gasteiger partial charge in [0.05, 0.1) is 19.8 Å². The first-order valence-corrected chi connectivity index (χ1v) is 7.91. The molecule has 3 rings (SSSR count). The Morgan fingerprint density at radius 3 is 2.86 bits per heavy atom. The van der Waals surface area contributed by atoms with Crippen LogP contribution in [-0.2, 0) is 4.74 Å². The minimum absolute atomic E-state index is 0.533. The van der Waals surface area contributed by atoms with Crippen molar-refractivity contribution in [2.75, 3.05) is 51.3 Å². The minimum atomic E-state index is 0.533. The number of aromatic nitrogens is 2. The first-order valence-electron chi connectivity index (χ1n) is 7.91. The molecule has 1 aromatic heterocycles. The standard InChI is InChI=1S/C15H24N4O2/c1-2-21-14-11-13(17-15(18-14)12-3-4-12)16-5-6-19-7-9-20-10-8-19/h11-12H,2-10H2,1H3,(H,16,17,18). The van der Waals surface area contributed by atoms with E-state index in [1.54, 1.807) is 0 Å². The summed E-state index contributed by atoms with van der Waals surface area (Å²) in [6.45, 7) is 8.22. The van der Waals surface area contributed by atoms with Gasteiger partial charge in [0.15, 0.2) is 0 Å². The van der Waals surface area contributed by atoms with E-state index in [4.69, 9.17) is 9.47 Å². The summed E-state index contributed by atoms with van der Waals surface area (Å²) in [6, 6.07) is 1.90. The Hall–Kier alpha value is -1.40. The Labute approximate surface area is 125 Å². The molecule has 1 saturated heterocycles. The summed E-state index contributed by atoms with van der Waals surface area (Å²) >= 11 is 0. The van der Waals surface area contributed by atoms with Gasteiger partial charge in [-0.25, -0.2) is 4.98 Å². The SMILES string of the molecule is CCOc1cc(NCCN2CCOCC2)nc(C2CC2)n1. The van der Waals surface area contributed by atoms with Gasteiger partial charge in [-0.3, -0.25) is 4.90 Å². The third-order valence-electron chi connectivity index (χ3n) is 3.79. The minimum Gasteiger partial charge on any atom is -0.478 e. The van der Waals surface area contributed by atoms with E-state index in [0.717, 1.165) is 51.0 Å². The van der Waals surface area contributed by atoms with Gasteiger partial charge in [-0.1, -0.05) is 0 Å². The summed E-state index contributed by atoms with van der Waals surface area (Å²) < 4.78 is 10.9. The lowest BCUT2D eigenvalue weighted by molar-refractivity contribution is 0.0398. The van der Waals surface area contributed by atoms with Crippen molar-refractivity contribution in [2.24, 2.45) is 0 Å². The van der Waals surface area contributed by atoms with Crippen LogP contribution < -0.4 is 10.1 Å². The molecule has 6 heteroatoms. The van der Waals surface area contributed by atoms with Crippen LogP contribution in [0.5, 0.6) is 5.88 Å². The summed E-state index contributed by atoms with van der Waals surface area (Å²) in [5, 5.41) is 3.40. The third kappa shape index (κ3) is 4.28. The number of anilines is 1. The molecule has 0 radical (unpaired) electrons. The van der Waals surface area contributed by atoms with Gasteiger partial charge in [0.2, 0.25) is 5.88 Å². The van der Waals surface area contributed by atoms with Gasteiger partial charge in [0.1, 0.15) is 11.6 Å². The lowest BCUT2D eigenvalue weighted by Crippen LogP contribution is -2.39. The van der Waals surface area contributed by atoms with Gasteiger partial charge in [-0.2, -0.15) is 4.98 Å². The normalized spacial score (nSPS) is 19.5. The second-order valence-corrected chi connectivity index (χ2v) is 5.54. The predicted octanol–water partition coefficient (Wildman–Crippen LogP) is 1.50. The first-order chi connectivity index (χ1) is 10.3. The molecule has 0 bridgehead atoms. The number of hydrogen-bond donors (Lipinski definition) is 1. The smallest absolute Gasteiger partial charge is 0.218 e. The highest BCUT2D eigenvalue weighted by Gasteiger charge is 2.27. The van der Waals surface area contributed by atoms with Gasteiger partial charge in [-0.15, -0.1) is 0 Å². The van der Waals surface area contributed by atoms with Crippen molar-refractivity contribution in [3.63, 3.8) is 0 Å². The Bertz CT molecular complexity index is 459.